The van der Waals surface area contributed by atoms with E-state index in [1.54, 1.807) is 13.2 Å². The summed E-state index contributed by atoms with van der Waals surface area (Å²) in [6.45, 7) is 4.18. The average molecular weight is 631 g/mol. The molecule has 0 saturated carbocycles. The Kier molecular flexibility index (Phi) is 11.1. The molecule has 0 aliphatic carbocycles. The molecule has 5 N–H and O–H groups in total. The quantitative estimate of drug-likeness (QED) is 0.129. The number of methoxy groups -OCH3 is 1. The van der Waals surface area contributed by atoms with Gasteiger partial charge in [0.1, 0.15) is 24.0 Å². The molecule has 4 atom stereocenters. The van der Waals surface area contributed by atoms with Crippen LogP contribution in [0, 0.1) is 18.6 Å². The van der Waals surface area contributed by atoms with Gasteiger partial charge in [-0.3, -0.25) is 4.79 Å². The van der Waals surface area contributed by atoms with Crippen molar-refractivity contribution in [2.45, 2.75) is 44.6 Å². The zero-order valence-corrected chi connectivity index (χ0v) is 24.9. The van der Waals surface area contributed by atoms with Crippen molar-refractivity contribution >= 4 is 51.5 Å². The lowest BCUT2D eigenvalue weighted by atomic mass is 9.95. The molecule has 0 spiro atoms. The second-order valence-electron chi connectivity index (χ2n) is 9.52. The number of amidine groups is 1. The lowest BCUT2D eigenvalue weighted by molar-refractivity contribution is -0.137. The number of halogens is 2. The van der Waals surface area contributed by atoms with Gasteiger partial charge in [-0.25, -0.2) is 28.4 Å². The molecule has 3 heterocycles. The number of rotatable bonds is 8. The number of aliphatic hydroxyl groups is 2. The van der Waals surface area contributed by atoms with Crippen LogP contribution in [0.4, 0.5) is 20.2 Å². The standard InChI is InChI=1S/C25H24F2N8O4S.C3H8O/c1-12-31-16-3-2-14(6-22(16)40-12)32-25(29-10-28)20-7-19(24(38)21(9-36)39-20)35-8-18(33-34-35)13-4-15(26)23(27)17(5-13)30-11-37;1-3-4-2/h2-6,8,10-11,19-21,24,36,38H,7,9H2,1H3,(H,30,37)(H2,28,29,32);3H2,1-2H3. The first-order chi connectivity index (χ1) is 21.2. The molecule has 4 aromatic rings. The zero-order valence-electron chi connectivity index (χ0n) is 24.1. The number of aromatic nitrogens is 4. The van der Waals surface area contributed by atoms with Gasteiger partial charge >= 0.3 is 0 Å². The largest absolute Gasteiger partial charge is 0.394 e. The predicted octanol–water partition coefficient (Wildman–Crippen LogP) is 3.13. The van der Waals surface area contributed by atoms with E-state index >= 15 is 0 Å². The maximum atomic E-state index is 14.1. The van der Waals surface area contributed by atoms with Crippen molar-refractivity contribution in [3.05, 3.63) is 53.2 Å². The molecular formula is C28H32F2N8O5S. The van der Waals surface area contributed by atoms with Gasteiger partial charge in [0.15, 0.2) is 17.5 Å². The summed E-state index contributed by atoms with van der Waals surface area (Å²) in [6, 6.07) is 6.86. The minimum atomic E-state index is -1.21. The second-order valence-corrected chi connectivity index (χ2v) is 10.8. The molecule has 1 aliphatic rings. The van der Waals surface area contributed by atoms with Crippen molar-refractivity contribution < 1.29 is 33.3 Å². The van der Waals surface area contributed by atoms with Crippen LogP contribution in [0.25, 0.3) is 21.5 Å². The highest BCUT2D eigenvalue weighted by Gasteiger charge is 2.41. The monoisotopic (exact) mass is 630 g/mol. The van der Waals surface area contributed by atoms with E-state index in [1.807, 2.05) is 26.0 Å². The number of hydrogen-bond acceptors (Lipinski definition) is 10. The van der Waals surface area contributed by atoms with Crippen LogP contribution in [0.3, 0.4) is 0 Å². The first-order valence-corrected chi connectivity index (χ1v) is 14.3. The van der Waals surface area contributed by atoms with Crippen LogP contribution in [0.2, 0.25) is 0 Å². The van der Waals surface area contributed by atoms with Gasteiger partial charge in [0.25, 0.3) is 0 Å². The smallest absolute Gasteiger partial charge is 0.211 e. The number of anilines is 1. The molecule has 5 rings (SSSR count). The molecule has 1 saturated heterocycles. The molecule has 4 unspecified atom stereocenters. The van der Waals surface area contributed by atoms with Crippen molar-refractivity contribution in [1.82, 2.24) is 20.0 Å². The third kappa shape index (κ3) is 7.46. The minimum Gasteiger partial charge on any atom is -0.394 e. The number of aliphatic hydroxyl groups excluding tert-OH is 2. The Morgan fingerprint density at radius 3 is 2.80 bits per heavy atom. The van der Waals surface area contributed by atoms with Crippen LogP contribution in [0.15, 0.2) is 46.5 Å². The average Bonchev–Trinajstić information content (AvgIpc) is 3.65. The fraction of sp³-hybridized carbons (Fsp3) is 0.357. The third-order valence-corrected chi connectivity index (χ3v) is 7.58. The number of thiazole rings is 1. The summed E-state index contributed by atoms with van der Waals surface area (Å²) in [7, 11) is 1.68. The molecule has 13 nitrogen and oxygen atoms in total. The number of aryl methyl sites for hydroxylation is 1. The van der Waals surface area contributed by atoms with Gasteiger partial charge < -0.3 is 30.7 Å². The van der Waals surface area contributed by atoms with Crippen molar-refractivity contribution in [2.75, 3.05) is 25.6 Å². The maximum Gasteiger partial charge on any atom is 0.211 e. The van der Waals surface area contributed by atoms with E-state index in [0.29, 0.717) is 5.69 Å². The Morgan fingerprint density at radius 2 is 2.11 bits per heavy atom. The number of ether oxygens (including phenoxy) is 2. The number of aliphatic imine (C=N–C) groups is 2. The summed E-state index contributed by atoms with van der Waals surface area (Å²) >= 11 is 1.53. The van der Waals surface area contributed by atoms with Crippen LogP contribution < -0.4 is 11.1 Å². The van der Waals surface area contributed by atoms with E-state index in [-0.39, 0.29) is 35.6 Å². The number of hydrogen-bond donors (Lipinski definition) is 4. The van der Waals surface area contributed by atoms with E-state index in [1.165, 1.54) is 28.3 Å². The summed E-state index contributed by atoms with van der Waals surface area (Å²) in [6.07, 6.45) is -0.165. The molecule has 1 fully saturated rings. The first-order valence-electron chi connectivity index (χ1n) is 13.5. The number of nitrogens with two attached hydrogens (primary N) is 1. The molecule has 0 bridgehead atoms. The highest BCUT2D eigenvalue weighted by Crippen LogP contribution is 2.33. The lowest BCUT2D eigenvalue weighted by Gasteiger charge is -2.38. The lowest BCUT2D eigenvalue weighted by Crippen LogP contribution is -2.49. The summed E-state index contributed by atoms with van der Waals surface area (Å²) in [5.41, 5.74) is 6.98. The molecule has 2 aromatic carbocycles. The van der Waals surface area contributed by atoms with Crippen LogP contribution in [0.1, 0.15) is 24.4 Å². The van der Waals surface area contributed by atoms with E-state index in [2.05, 4.69) is 35.3 Å². The Labute approximate surface area is 255 Å². The van der Waals surface area contributed by atoms with E-state index in [4.69, 9.17) is 10.5 Å². The topological polar surface area (TPSA) is 182 Å². The van der Waals surface area contributed by atoms with Crippen LogP contribution in [0.5, 0.6) is 0 Å². The van der Waals surface area contributed by atoms with E-state index < -0.39 is 42.6 Å². The summed E-state index contributed by atoms with van der Waals surface area (Å²) in [4.78, 5) is 24.0. The molecule has 16 heteroatoms. The van der Waals surface area contributed by atoms with Gasteiger partial charge in [0.2, 0.25) is 6.41 Å². The number of carbonyl (C=O) groups excluding carboxylic acids is 1. The maximum absolute atomic E-state index is 14.1. The van der Waals surface area contributed by atoms with Crippen LogP contribution in [-0.2, 0) is 14.3 Å². The molecule has 234 valence electrons. The van der Waals surface area contributed by atoms with Gasteiger partial charge in [-0.05, 0) is 44.2 Å². The second kappa shape index (κ2) is 15.0. The van der Waals surface area contributed by atoms with Gasteiger partial charge in [-0.2, -0.15) is 0 Å². The van der Waals surface area contributed by atoms with Crippen molar-refractivity contribution in [1.29, 1.82) is 0 Å². The number of nitrogens with zero attached hydrogens (tertiary/aromatic N) is 6. The number of nitrogens with one attached hydrogen (secondary N) is 1. The Hall–Kier alpha value is -4.22. The number of fused-ring (bicyclic) bond motifs is 1. The van der Waals surface area contributed by atoms with Crippen molar-refractivity contribution in [3.8, 4) is 11.3 Å². The van der Waals surface area contributed by atoms with E-state index in [0.717, 1.165) is 34.2 Å². The molecule has 44 heavy (non-hydrogen) atoms. The SMILES string of the molecule is CCOC.Cc1nc2ccc(N=C(N=CN)C3CC(n4cc(-c5cc(F)c(F)c(NC=O)c5)nn4)C(O)C(CO)O3)cc2s1. The van der Waals surface area contributed by atoms with Crippen LogP contribution in [-0.4, -0.2) is 87.4 Å². The number of amides is 1. The molecular weight excluding hydrogens is 598 g/mol. The summed E-state index contributed by atoms with van der Waals surface area (Å²) in [5.74, 6) is -2.19. The molecule has 1 aliphatic heterocycles. The van der Waals surface area contributed by atoms with Crippen molar-refractivity contribution in [2.24, 2.45) is 15.7 Å². The predicted molar refractivity (Wildman–Crippen MR) is 162 cm³/mol. The fourth-order valence-electron chi connectivity index (χ4n) is 4.50. The highest BCUT2D eigenvalue weighted by atomic mass is 32.1. The zero-order chi connectivity index (χ0) is 31.8. The minimum absolute atomic E-state index is 0.119. The van der Waals surface area contributed by atoms with Gasteiger partial charge in [-0.1, -0.05) is 5.21 Å². The summed E-state index contributed by atoms with van der Waals surface area (Å²) < 4.78 is 40.9. The first kappa shape index (κ1) is 32.7. The Morgan fingerprint density at radius 1 is 1.34 bits per heavy atom. The Bertz CT molecular complexity index is 1640. The number of carbonyl (C=O) groups is 1. The molecule has 2 aromatic heterocycles. The van der Waals surface area contributed by atoms with Crippen LogP contribution >= 0.6 is 11.3 Å². The normalized spacial score (nSPS) is 20.5. The molecule has 0 radical (unpaired) electrons. The Balaban J connectivity index is 0.00000104. The molecule has 1 amide bonds. The van der Waals surface area contributed by atoms with Crippen molar-refractivity contribution in [3.63, 3.8) is 0 Å². The van der Waals surface area contributed by atoms with Gasteiger partial charge in [-0.15, -0.1) is 16.4 Å². The van der Waals surface area contributed by atoms with Gasteiger partial charge in [0, 0.05) is 25.7 Å². The third-order valence-electron chi connectivity index (χ3n) is 6.64. The number of benzene rings is 2. The highest BCUT2D eigenvalue weighted by molar-refractivity contribution is 7.18. The van der Waals surface area contributed by atoms with E-state index in [9.17, 15) is 23.8 Å². The summed E-state index contributed by atoms with van der Waals surface area (Å²) in [5, 5.41) is 32.0. The fourth-order valence-corrected chi connectivity index (χ4v) is 5.36. The van der Waals surface area contributed by atoms with Gasteiger partial charge in [0.05, 0.1) is 51.8 Å².